The van der Waals surface area contributed by atoms with Crippen LogP contribution in [0.25, 0.3) is 0 Å². The number of thioether (sulfide) groups is 1. The number of carbonyl (C=O) groups is 3. The Labute approximate surface area is 195 Å². The minimum Gasteiger partial charge on any atom is -0.465 e. The molecule has 2 N–H and O–H groups in total. The number of allylic oxidation sites excluding steroid dienone is 3. The minimum absolute atomic E-state index is 0.0198. The first-order valence-corrected chi connectivity index (χ1v) is 11.6. The number of ketones is 2. The van der Waals surface area contributed by atoms with E-state index in [0.29, 0.717) is 51.8 Å². The largest absolute Gasteiger partial charge is 0.465 e. The average molecular weight is 462 g/mol. The number of dihydropyridines is 1. The summed E-state index contributed by atoms with van der Waals surface area (Å²) < 4.78 is 5.82. The number of nitrogens with one attached hydrogen (secondary N) is 2. The number of aryl methyl sites for hydroxylation is 1. The number of furan rings is 1. The number of nitriles is 1. The van der Waals surface area contributed by atoms with Crippen LogP contribution in [0.1, 0.15) is 54.0 Å². The Morgan fingerprint density at radius 3 is 2.61 bits per heavy atom. The first-order valence-electron chi connectivity index (χ1n) is 10.6. The van der Waals surface area contributed by atoms with Crippen LogP contribution in [0.15, 0.2) is 62.7 Å². The van der Waals surface area contributed by atoms with Crippen molar-refractivity contribution in [3.8, 4) is 6.07 Å². The Morgan fingerprint density at radius 2 is 1.97 bits per heavy atom. The topological polar surface area (TPSA) is 112 Å². The normalized spacial score (nSPS) is 17.8. The first-order chi connectivity index (χ1) is 15.9. The summed E-state index contributed by atoms with van der Waals surface area (Å²) in [5, 5.41) is 16.6. The highest BCUT2D eigenvalue weighted by Crippen LogP contribution is 2.44. The molecule has 1 unspecified atom stereocenters. The first kappa shape index (κ1) is 22.6. The molecule has 2 aromatic rings. The summed E-state index contributed by atoms with van der Waals surface area (Å²) in [6.07, 6.45) is 1.89. The molecule has 0 radical (unpaired) electrons. The molecular weight excluding hydrogens is 438 g/mol. The van der Waals surface area contributed by atoms with Crippen LogP contribution in [0.4, 0.5) is 5.69 Å². The molecule has 2 aliphatic rings. The summed E-state index contributed by atoms with van der Waals surface area (Å²) in [4.78, 5) is 36.7. The Kier molecular flexibility index (Phi) is 6.52. The number of hydrogen-bond acceptors (Lipinski definition) is 7. The highest BCUT2D eigenvalue weighted by atomic mass is 32.2. The Bertz CT molecular complexity index is 1230. The van der Waals surface area contributed by atoms with Gasteiger partial charge in [0.1, 0.15) is 11.5 Å². The summed E-state index contributed by atoms with van der Waals surface area (Å²) in [6, 6.07) is 12.5. The third-order valence-corrected chi connectivity index (χ3v) is 6.65. The summed E-state index contributed by atoms with van der Waals surface area (Å²) in [5.74, 6) is 0.495. The predicted molar refractivity (Wildman–Crippen MR) is 125 cm³/mol. The van der Waals surface area contributed by atoms with Gasteiger partial charge < -0.3 is 15.1 Å². The van der Waals surface area contributed by atoms with Crippen LogP contribution in [0, 0.1) is 18.3 Å². The maximum Gasteiger partial charge on any atom is 0.234 e. The van der Waals surface area contributed by atoms with Gasteiger partial charge in [0.05, 0.1) is 28.3 Å². The molecule has 1 aromatic heterocycles. The van der Waals surface area contributed by atoms with Crippen LogP contribution in [-0.4, -0.2) is 23.2 Å². The molecule has 0 bridgehead atoms. The second kappa shape index (κ2) is 9.51. The molecule has 33 heavy (non-hydrogen) atoms. The highest BCUT2D eigenvalue weighted by Gasteiger charge is 2.38. The lowest BCUT2D eigenvalue weighted by atomic mass is 9.79. The van der Waals surface area contributed by atoms with E-state index in [2.05, 4.69) is 16.7 Å². The summed E-state index contributed by atoms with van der Waals surface area (Å²) in [5.41, 5.74) is 2.92. The number of nitrogens with zero attached hydrogens (tertiary/aromatic N) is 1. The molecule has 1 aliphatic heterocycles. The molecule has 1 aliphatic carbocycles. The molecule has 0 spiro atoms. The number of carbonyl (C=O) groups excluding carboxylic acids is 3. The van der Waals surface area contributed by atoms with Crippen molar-refractivity contribution in [2.45, 2.75) is 39.0 Å². The van der Waals surface area contributed by atoms with Gasteiger partial charge in [0.25, 0.3) is 0 Å². The summed E-state index contributed by atoms with van der Waals surface area (Å²) in [6.45, 7) is 3.31. The molecule has 1 amide bonds. The van der Waals surface area contributed by atoms with Crippen molar-refractivity contribution in [2.75, 3.05) is 11.1 Å². The molecule has 0 saturated heterocycles. The molecule has 1 atom stereocenters. The van der Waals surface area contributed by atoms with Crippen LogP contribution >= 0.6 is 11.8 Å². The van der Waals surface area contributed by atoms with Gasteiger partial charge in [-0.1, -0.05) is 11.8 Å². The molecule has 0 fully saturated rings. The van der Waals surface area contributed by atoms with Gasteiger partial charge in [0, 0.05) is 28.9 Å². The zero-order valence-electron chi connectivity index (χ0n) is 18.4. The minimum atomic E-state index is -0.572. The molecule has 1 aromatic carbocycles. The van der Waals surface area contributed by atoms with Crippen molar-refractivity contribution in [3.63, 3.8) is 0 Å². The van der Waals surface area contributed by atoms with Gasteiger partial charge in [0.15, 0.2) is 11.6 Å². The van der Waals surface area contributed by atoms with Crippen molar-refractivity contribution in [3.05, 3.63) is 75.4 Å². The monoisotopic (exact) mass is 461 g/mol. The van der Waals surface area contributed by atoms with Crippen molar-refractivity contribution in [1.82, 2.24) is 5.32 Å². The van der Waals surface area contributed by atoms with Gasteiger partial charge in [-0.3, -0.25) is 14.4 Å². The number of anilines is 1. The van der Waals surface area contributed by atoms with Gasteiger partial charge in [-0.25, -0.2) is 0 Å². The van der Waals surface area contributed by atoms with E-state index in [1.807, 2.05) is 13.0 Å². The SMILES string of the molecule is CC(=O)c1ccc(NC(=O)CSC2=C(C#N)C(c3ccc(C)o3)C3=C(CCCC3=O)N2)cc1. The molecule has 0 saturated carbocycles. The third kappa shape index (κ3) is 4.78. The van der Waals surface area contributed by atoms with Gasteiger partial charge in [-0.2, -0.15) is 5.26 Å². The molecule has 2 heterocycles. The zero-order valence-corrected chi connectivity index (χ0v) is 19.2. The lowest BCUT2D eigenvalue weighted by Gasteiger charge is -2.32. The fraction of sp³-hybridized carbons (Fsp3) is 0.280. The second-order valence-corrected chi connectivity index (χ2v) is 8.99. The number of amides is 1. The zero-order chi connectivity index (χ0) is 23.5. The van der Waals surface area contributed by atoms with Gasteiger partial charge in [0.2, 0.25) is 5.91 Å². The predicted octanol–water partition coefficient (Wildman–Crippen LogP) is 4.59. The lowest BCUT2D eigenvalue weighted by Crippen LogP contribution is -2.31. The van der Waals surface area contributed by atoms with E-state index < -0.39 is 5.92 Å². The molecule has 168 valence electrons. The van der Waals surface area contributed by atoms with E-state index in [-0.39, 0.29) is 23.2 Å². The van der Waals surface area contributed by atoms with Gasteiger partial charge in [-0.15, -0.1) is 0 Å². The second-order valence-electron chi connectivity index (χ2n) is 8.00. The van der Waals surface area contributed by atoms with Crippen LogP contribution in [0.5, 0.6) is 0 Å². The van der Waals surface area contributed by atoms with E-state index in [0.717, 1.165) is 12.1 Å². The van der Waals surface area contributed by atoms with Crippen molar-refractivity contribution in [2.24, 2.45) is 0 Å². The fourth-order valence-corrected chi connectivity index (χ4v) is 4.92. The van der Waals surface area contributed by atoms with Gasteiger partial charge in [-0.05, 0) is 63.1 Å². The summed E-state index contributed by atoms with van der Waals surface area (Å²) >= 11 is 1.22. The Balaban J connectivity index is 1.54. The van der Waals surface area contributed by atoms with E-state index in [1.54, 1.807) is 30.3 Å². The van der Waals surface area contributed by atoms with E-state index in [1.165, 1.54) is 18.7 Å². The number of rotatable bonds is 6. The maximum atomic E-state index is 12.8. The van der Waals surface area contributed by atoms with Gasteiger partial charge >= 0.3 is 0 Å². The third-order valence-electron chi connectivity index (χ3n) is 5.63. The van der Waals surface area contributed by atoms with Crippen molar-refractivity contribution >= 4 is 34.9 Å². The van der Waals surface area contributed by atoms with E-state index >= 15 is 0 Å². The number of Topliss-reactive ketones (excluding diaryl/α,β-unsaturated/α-hetero) is 2. The Morgan fingerprint density at radius 1 is 1.21 bits per heavy atom. The van der Waals surface area contributed by atoms with Crippen molar-refractivity contribution < 1.29 is 18.8 Å². The quantitative estimate of drug-likeness (QED) is 0.605. The molecule has 8 heteroatoms. The number of benzene rings is 1. The fourth-order valence-electron chi connectivity index (χ4n) is 4.05. The standard InChI is InChI=1S/C25H23N3O4S/c1-14-6-11-21(32-14)23-18(12-26)25(28-19-4-3-5-20(30)24(19)23)33-13-22(31)27-17-9-7-16(8-10-17)15(2)29/h6-11,23,28H,3-5,13H2,1-2H3,(H,27,31). The van der Waals surface area contributed by atoms with Crippen LogP contribution in [-0.2, 0) is 9.59 Å². The van der Waals surface area contributed by atoms with Crippen LogP contribution in [0.3, 0.4) is 0 Å². The molecular formula is C25H23N3O4S. The average Bonchev–Trinajstić information content (AvgIpc) is 3.23. The molecule has 7 nitrogen and oxygen atoms in total. The maximum absolute atomic E-state index is 12.8. The summed E-state index contributed by atoms with van der Waals surface area (Å²) in [7, 11) is 0. The Hall–Kier alpha value is -3.57. The smallest absolute Gasteiger partial charge is 0.234 e. The lowest BCUT2D eigenvalue weighted by molar-refractivity contribution is -0.116. The van der Waals surface area contributed by atoms with Crippen molar-refractivity contribution in [1.29, 1.82) is 5.26 Å². The van der Waals surface area contributed by atoms with Crippen LogP contribution < -0.4 is 10.6 Å². The van der Waals surface area contributed by atoms with E-state index in [9.17, 15) is 19.6 Å². The highest BCUT2D eigenvalue weighted by molar-refractivity contribution is 8.03. The number of hydrogen-bond donors (Lipinski definition) is 2. The van der Waals surface area contributed by atoms with E-state index in [4.69, 9.17) is 4.42 Å². The van der Waals surface area contributed by atoms with Crippen LogP contribution in [0.2, 0.25) is 0 Å². The molecule has 4 rings (SSSR count).